The van der Waals surface area contributed by atoms with E-state index in [1.165, 1.54) is 0 Å². The van der Waals surface area contributed by atoms with Crippen LogP contribution >= 0.6 is 0 Å². The van der Waals surface area contributed by atoms with Gasteiger partial charge in [0.1, 0.15) is 5.52 Å². The van der Waals surface area contributed by atoms with Crippen molar-refractivity contribution in [2.75, 3.05) is 5.32 Å². The van der Waals surface area contributed by atoms with Gasteiger partial charge in [-0.2, -0.15) is 0 Å². The van der Waals surface area contributed by atoms with Gasteiger partial charge in [-0.15, -0.1) is 0 Å². The van der Waals surface area contributed by atoms with Crippen LogP contribution in [0.15, 0.2) is 47.1 Å². The number of benzene rings is 1. The number of oxazole rings is 1. The molecule has 22 heavy (non-hydrogen) atoms. The molecule has 5 nitrogen and oxygen atoms in total. The van der Waals surface area contributed by atoms with E-state index >= 15 is 0 Å². The number of aromatic nitrogens is 2. The highest BCUT2D eigenvalue weighted by Gasteiger charge is 2.21. The second-order valence-electron chi connectivity index (χ2n) is 6.14. The number of hydrogen-bond acceptors (Lipinski definition) is 4. The van der Waals surface area contributed by atoms with Crippen molar-refractivity contribution < 1.29 is 9.21 Å². The van der Waals surface area contributed by atoms with E-state index in [-0.39, 0.29) is 11.3 Å². The van der Waals surface area contributed by atoms with E-state index in [1.807, 2.05) is 32.9 Å². The summed E-state index contributed by atoms with van der Waals surface area (Å²) >= 11 is 0. The Morgan fingerprint density at radius 2 is 1.86 bits per heavy atom. The predicted molar refractivity (Wildman–Crippen MR) is 84.9 cm³/mol. The monoisotopic (exact) mass is 295 g/mol. The van der Waals surface area contributed by atoms with Crippen molar-refractivity contribution in [1.82, 2.24) is 9.97 Å². The Bertz CT molecular complexity index is 817. The Labute approximate surface area is 128 Å². The normalized spacial score (nSPS) is 11.6. The molecule has 0 aliphatic carbocycles. The Hall–Kier alpha value is -2.69. The summed E-state index contributed by atoms with van der Waals surface area (Å²) in [6.45, 7) is 6.14. The van der Waals surface area contributed by atoms with Gasteiger partial charge in [0.05, 0.1) is 0 Å². The van der Waals surface area contributed by atoms with Crippen molar-refractivity contribution in [3.63, 3.8) is 0 Å². The first-order valence-corrected chi connectivity index (χ1v) is 7.06. The summed E-state index contributed by atoms with van der Waals surface area (Å²) in [5, 5.41) is 2.85. The highest BCUT2D eigenvalue weighted by molar-refractivity contribution is 6.04. The maximum Gasteiger partial charge on any atom is 0.255 e. The first-order valence-electron chi connectivity index (χ1n) is 7.06. The van der Waals surface area contributed by atoms with E-state index < -0.39 is 0 Å². The zero-order valence-electron chi connectivity index (χ0n) is 12.8. The zero-order chi connectivity index (χ0) is 15.7. The van der Waals surface area contributed by atoms with Gasteiger partial charge in [-0.1, -0.05) is 20.8 Å². The second kappa shape index (κ2) is 5.26. The average molecular weight is 295 g/mol. The van der Waals surface area contributed by atoms with Gasteiger partial charge in [0.2, 0.25) is 5.89 Å². The summed E-state index contributed by atoms with van der Waals surface area (Å²) in [5.41, 5.74) is 2.54. The fourth-order valence-electron chi connectivity index (χ4n) is 2.03. The van der Waals surface area contributed by atoms with Crippen LogP contribution in [0.5, 0.6) is 0 Å². The molecule has 0 aliphatic rings. The maximum absolute atomic E-state index is 12.1. The van der Waals surface area contributed by atoms with Gasteiger partial charge in [0, 0.05) is 29.1 Å². The molecule has 2 aromatic heterocycles. The van der Waals surface area contributed by atoms with E-state index in [0.717, 1.165) is 5.52 Å². The topological polar surface area (TPSA) is 68.0 Å². The van der Waals surface area contributed by atoms with Crippen LogP contribution in [0.2, 0.25) is 0 Å². The molecule has 1 amide bonds. The Kier molecular flexibility index (Phi) is 3.41. The van der Waals surface area contributed by atoms with Crippen LogP contribution in [0.3, 0.4) is 0 Å². The van der Waals surface area contributed by atoms with E-state index in [9.17, 15) is 4.79 Å². The lowest BCUT2D eigenvalue weighted by molar-refractivity contribution is 0.102. The number of pyridine rings is 1. The van der Waals surface area contributed by atoms with Gasteiger partial charge in [0.25, 0.3) is 5.91 Å². The smallest absolute Gasteiger partial charge is 0.255 e. The number of anilines is 1. The fourth-order valence-corrected chi connectivity index (χ4v) is 2.03. The fraction of sp³-hybridized carbons (Fsp3) is 0.235. The molecule has 0 spiro atoms. The Balaban J connectivity index is 1.88. The molecular formula is C17H17N3O2. The molecule has 5 heteroatoms. The van der Waals surface area contributed by atoms with Crippen molar-refractivity contribution >= 4 is 22.7 Å². The van der Waals surface area contributed by atoms with Crippen LogP contribution in [0, 0.1) is 0 Å². The number of nitrogens with one attached hydrogen (secondary N) is 1. The summed E-state index contributed by atoms with van der Waals surface area (Å²) in [5.74, 6) is 0.501. The minimum Gasteiger partial charge on any atom is -0.440 e. The van der Waals surface area contributed by atoms with Gasteiger partial charge in [0.15, 0.2) is 5.58 Å². The number of carbonyl (C=O) groups excluding carboxylic acids is 1. The van der Waals surface area contributed by atoms with Crippen molar-refractivity contribution in [2.24, 2.45) is 0 Å². The van der Waals surface area contributed by atoms with Crippen LogP contribution in [0.4, 0.5) is 5.69 Å². The van der Waals surface area contributed by atoms with Gasteiger partial charge in [-0.05, 0) is 30.3 Å². The van der Waals surface area contributed by atoms with Crippen molar-refractivity contribution in [2.45, 2.75) is 26.2 Å². The maximum atomic E-state index is 12.1. The molecule has 0 saturated carbocycles. The third-order valence-corrected chi connectivity index (χ3v) is 3.23. The molecule has 0 bridgehead atoms. The van der Waals surface area contributed by atoms with E-state index in [1.54, 1.807) is 30.6 Å². The lowest BCUT2D eigenvalue weighted by Crippen LogP contribution is -2.11. The number of hydrogen-bond donors (Lipinski definition) is 1. The van der Waals surface area contributed by atoms with Crippen molar-refractivity contribution in [3.8, 4) is 0 Å². The highest BCUT2D eigenvalue weighted by Crippen LogP contribution is 2.27. The number of carbonyl (C=O) groups is 1. The van der Waals surface area contributed by atoms with E-state index in [0.29, 0.717) is 22.7 Å². The van der Waals surface area contributed by atoms with Crippen molar-refractivity contribution in [3.05, 3.63) is 54.2 Å². The largest absolute Gasteiger partial charge is 0.440 e. The third-order valence-electron chi connectivity index (χ3n) is 3.23. The lowest BCUT2D eigenvalue weighted by Gasteiger charge is -2.11. The first kappa shape index (κ1) is 14.3. The number of nitrogens with zero attached hydrogens (tertiary/aromatic N) is 2. The molecule has 0 unspecified atom stereocenters. The standard InChI is InChI=1S/C17H17N3O2/c1-17(2,3)16-20-13-10-12(4-5-14(13)22-16)19-15(21)11-6-8-18-9-7-11/h4-10H,1-3H3,(H,19,21). The zero-order valence-corrected chi connectivity index (χ0v) is 12.8. The molecule has 3 aromatic rings. The van der Waals surface area contributed by atoms with Crippen LogP contribution in [0.1, 0.15) is 37.0 Å². The van der Waals surface area contributed by atoms with Gasteiger partial charge >= 0.3 is 0 Å². The summed E-state index contributed by atoms with van der Waals surface area (Å²) in [4.78, 5) is 20.5. The van der Waals surface area contributed by atoms with Crippen LogP contribution < -0.4 is 5.32 Å². The second-order valence-corrected chi connectivity index (χ2v) is 6.14. The van der Waals surface area contributed by atoms with Gasteiger partial charge in [-0.3, -0.25) is 9.78 Å². The molecule has 3 rings (SSSR count). The predicted octanol–water partition coefficient (Wildman–Crippen LogP) is 3.77. The molecule has 0 aliphatic heterocycles. The average Bonchev–Trinajstić information content (AvgIpc) is 2.91. The Morgan fingerprint density at radius 3 is 2.55 bits per heavy atom. The highest BCUT2D eigenvalue weighted by atomic mass is 16.3. The molecule has 0 saturated heterocycles. The molecule has 112 valence electrons. The van der Waals surface area contributed by atoms with Gasteiger partial charge in [-0.25, -0.2) is 4.98 Å². The molecule has 1 aromatic carbocycles. The van der Waals surface area contributed by atoms with Crippen LogP contribution in [-0.2, 0) is 5.41 Å². The van der Waals surface area contributed by atoms with Crippen LogP contribution in [0.25, 0.3) is 11.1 Å². The molecule has 0 fully saturated rings. The third kappa shape index (κ3) is 2.83. The van der Waals surface area contributed by atoms with Gasteiger partial charge < -0.3 is 9.73 Å². The summed E-state index contributed by atoms with van der Waals surface area (Å²) in [6.07, 6.45) is 3.18. The molecule has 1 N–H and O–H groups in total. The number of rotatable bonds is 2. The number of fused-ring (bicyclic) bond motifs is 1. The molecule has 2 heterocycles. The van der Waals surface area contributed by atoms with Crippen molar-refractivity contribution in [1.29, 1.82) is 0 Å². The Morgan fingerprint density at radius 1 is 1.14 bits per heavy atom. The summed E-state index contributed by atoms with van der Waals surface area (Å²) in [7, 11) is 0. The number of amides is 1. The molecular weight excluding hydrogens is 278 g/mol. The lowest BCUT2D eigenvalue weighted by atomic mass is 9.97. The minimum atomic E-state index is -0.179. The first-order chi connectivity index (χ1) is 10.4. The molecule has 0 radical (unpaired) electrons. The molecule has 0 atom stereocenters. The van der Waals surface area contributed by atoms with E-state index in [4.69, 9.17) is 4.42 Å². The van der Waals surface area contributed by atoms with E-state index in [2.05, 4.69) is 15.3 Å². The quantitative estimate of drug-likeness (QED) is 0.781. The SMILES string of the molecule is CC(C)(C)c1nc2cc(NC(=O)c3ccncc3)ccc2o1. The summed E-state index contributed by atoms with van der Waals surface area (Å²) in [6, 6.07) is 8.77. The van der Waals surface area contributed by atoms with Crippen LogP contribution in [-0.4, -0.2) is 15.9 Å². The minimum absolute atomic E-state index is 0.153. The summed E-state index contributed by atoms with van der Waals surface area (Å²) < 4.78 is 5.74.